The van der Waals surface area contributed by atoms with Gasteiger partial charge in [0.05, 0.1) is 71.9 Å². The zero-order chi connectivity index (χ0) is 42.8. The Bertz CT molecular complexity index is 1780. The number of hydrogen-bond acceptors (Lipinski definition) is 10. The minimum atomic E-state index is -1.18. The molecule has 57 heavy (non-hydrogen) atoms. The van der Waals surface area contributed by atoms with Crippen LogP contribution in [0, 0.1) is 68.0 Å². The van der Waals surface area contributed by atoms with E-state index in [9.17, 15) is 35.1 Å². The van der Waals surface area contributed by atoms with Gasteiger partial charge in [0.25, 0.3) is 0 Å². The Hall–Kier alpha value is -1.50. The van der Waals surface area contributed by atoms with Crippen LogP contribution in [-0.2, 0) is 23.8 Å². The zero-order valence-corrected chi connectivity index (χ0v) is 37.4. The third-order valence-corrected chi connectivity index (χ3v) is 19.5. The van der Waals surface area contributed by atoms with Crippen LogP contribution in [0.5, 0.6) is 0 Å². The number of fused-ring (bicyclic) bond motifs is 10. The lowest BCUT2D eigenvalue weighted by Gasteiger charge is -2.69. The minimum Gasteiger partial charge on any atom is -0.392 e. The molecule has 0 aromatic rings. The van der Waals surface area contributed by atoms with Crippen LogP contribution in [0.25, 0.3) is 0 Å². The molecule has 2 saturated heterocycles. The van der Waals surface area contributed by atoms with Crippen LogP contribution in [0.3, 0.4) is 0 Å². The molecule has 2 unspecified atom stereocenters. The average Bonchev–Trinajstić information content (AvgIpc) is 3.12. The van der Waals surface area contributed by atoms with Gasteiger partial charge in [0, 0.05) is 66.3 Å². The summed E-state index contributed by atoms with van der Waals surface area (Å²) < 4.78 is 17.7. The minimum absolute atomic E-state index is 0.0296. The maximum Gasteiger partial charge on any atom is 0.148 e. The van der Waals surface area contributed by atoms with Gasteiger partial charge in [-0.3, -0.25) is 9.59 Å². The van der Waals surface area contributed by atoms with Gasteiger partial charge in [-0.05, 0) is 73.7 Å². The maximum atomic E-state index is 14.2. The first-order valence-corrected chi connectivity index (χ1v) is 21.8. The Morgan fingerprint density at radius 1 is 0.614 bits per heavy atom. The molecule has 4 saturated carbocycles. The highest BCUT2D eigenvalue weighted by Gasteiger charge is 2.74. The molecule has 8 rings (SSSR count). The molecular formula is C47H74O10. The van der Waals surface area contributed by atoms with Gasteiger partial charge in [-0.25, -0.2) is 0 Å². The largest absolute Gasteiger partial charge is 0.392 e. The molecule has 0 aromatic heterocycles. The molecule has 18 atom stereocenters. The first-order chi connectivity index (χ1) is 26.0. The summed E-state index contributed by atoms with van der Waals surface area (Å²) in [7, 11) is 1.68. The number of aliphatic hydroxyl groups is 5. The van der Waals surface area contributed by atoms with E-state index in [4.69, 9.17) is 14.2 Å². The Labute approximate surface area is 341 Å². The number of ether oxygens (including phenoxy) is 3. The third kappa shape index (κ3) is 5.05. The van der Waals surface area contributed by atoms with Crippen LogP contribution in [0.15, 0.2) is 22.3 Å². The fourth-order valence-corrected chi connectivity index (χ4v) is 16.2. The summed E-state index contributed by atoms with van der Waals surface area (Å²) in [6, 6.07) is 0. The maximum absolute atomic E-state index is 14.2. The average molecular weight is 799 g/mol. The smallest absolute Gasteiger partial charge is 0.148 e. The number of hydrogen-bond donors (Lipinski definition) is 5. The lowest BCUT2D eigenvalue weighted by molar-refractivity contribution is -0.303. The van der Waals surface area contributed by atoms with Crippen LogP contribution in [0.2, 0.25) is 0 Å². The monoisotopic (exact) mass is 799 g/mol. The van der Waals surface area contributed by atoms with Crippen LogP contribution in [0.4, 0.5) is 0 Å². The molecule has 4 bridgehead atoms. The fraction of sp³-hybridized carbons (Fsp3) is 0.872. The standard InChI is InChI=1S/C24H38O5.C23H36O5/c1-12-15(25)10-24(27)14(3)19-22(6)11-29-16(22)9-17(28-8)23(19,7)20(26)13(2)18(12)21(24,4)5;1-11-14(24)9-23(27)13(3)18-21(6)10-28-16(21)8-15(25)22(18,7)19(26)12(2)17(11)20(23,4)5/h13-17,19,25,27H,9-11H2,1-8H3;12-16,18,24-25,27H,8-10H2,1-7H3/t13-,14+,15+,16-,17+,19?,22-,23-,24-;12-,13+,14+,15+,16-,18?,21-,22-,23-/m11/s1. The lowest BCUT2D eigenvalue weighted by Crippen LogP contribution is -2.74. The van der Waals surface area contributed by atoms with Gasteiger partial charge < -0.3 is 39.7 Å². The molecule has 5 N–H and O–H groups in total. The second kappa shape index (κ2) is 13.0. The normalized spacial score (nSPS) is 54.8. The van der Waals surface area contributed by atoms with Crippen molar-refractivity contribution >= 4 is 11.6 Å². The number of ketones is 2. The zero-order valence-electron chi connectivity index (χ0n) is 37.4. The summed E-state index contributed by atoms with van der Waals surface area (Å²) in [4.78, 5) is 28.2. The van der Waals surface area contributed by atoms with E-state index in [1.54, 1.807) is 7.11 Å². The van der Waals surface area contributed by atoms with E-state index in [1.807, 2.05) is 69.2 Å². The fourth-order valence-electron chi connectivity index (χ4n) is 16.2. The number of rotatable bonds is 1. The van der Waals surface area contributed by atoms with Crippen molar-refractivity contribution in [3.63, 3.8) is 0 Å². The van der Waals surface area contributed by atoms with Crippen LogP contribution in [0.1, 0.15) is 123 Å². The van der Waals surface area contributed by atoms with Crippen molar-refractivity contribution < 1.29 is 49.3 Å². The van der Waals surface area contributed by atoms with Crippen molar-refractivity contribution in [3.8, 4) is 0 Å². The van der Waals surface area contributed by atoms with E-state index in [0.717, 1.165) is 22.3 Å². The van der Waals surface area contributed by atoms with Gasteiger partial charge in [-0.2, -0.15) is 0 Å². The number of carbonyl (C=O) groups is 2. The predicted octanol–water partition coefficient (Wildman–Crippen LogP) is 5.60. The predicted molar refractivity (Wildman–Crippen MR) is 216 cm³/mol. The van der Waals surface area contributed by atoms with E-state index in [-0.39, 0.29) is 76.7 Å². The number of carbonyl (C=O) groups excluding carboxylic acids is 2. The van der Waals surface area contributed by atoms with Crippen molar-refractivity contribution in [3.05, 3.63) is 22.3 Å². The van der Waals surface area contributed by atoms with E-state index >= 15 is 0 Å². The molecule has 322 valence electrons. The summed E-state index contributed by atoms with van der Waals surface area (Å²) >= 11 is 0. The summed E-state index contributed by atoms with van der Waals surface area (Å²) in [5.41, 5.74) is -2.31. The van der Waals surface area contributed by atoms with Crippen molar-refractivity contribution in [1.82, 2.24) is 0 Å². The molecule has 0 amide bonds. The van der Waals surface area contributed by atoms with Crippen LogP contribution in [-0.4, -0.2) is 105 Å². The second-order valence-corrected chi connectivity index (χ2v) is 22.3. The van der Waals surface area contributed by atoms with Gasteiger partial charge >= 0.3 is 0 Å². The Morgan fingerprint density at radius 2 is 0.982 bits per heavy atom. The van der Waals surface area contributed by atoms with Gasteiger partial charge in [0.1, 0.15) is 11.6 Å². The quantitative estimate of drug-likeness (QED) is 0.211. The van der Waals surface area contributed by atoms with Gasteiger partial charge in [0.2, 0.25) is 0 Å². The highest BCUT2D eigenvalue weighted by Crippen LogP contribution is 2.69. The Kier molecular flexibility index (Phi) is 9.95. The van der Waals surface area contributed by atoms with Gasteiger partial charge in [-0.1, -0.05) is 69.2 Å². The molecular weight excluding hydrogens is 725 g/mol. The van der Waals surface area contributed by atoms with E-state index < -0.39 is 57.1 Å². The first-order valence-electron chi connectivity index (χ1n) is 21.8. The van der Waals surface area contributed by atoms with E-state index in [0.29, 0.717) is 32.5 Å². The summed E-state index contributed by atoms with van der Waals surface area (Å²) in [6.07, 6.45) is -0.896. The first kappa shape index (κ1) is 43.6. The summed E-state index contributed by atoms with van der Waals surface area (Å²) in [6.45, 7) is 29.3. The molecule has 6 fully saturated rings. The molecule has 6 aliphatic carbocycles. The van der Waals surface area contributed by atoms with Crippen LogP contribution < -0.4 is 0 Å². The molecule has 10 nitrogen and oxygen atoms in total. The van der Waals surface area contributed by atoms with Crippen molar-refractivity contribution in [2.75, 3.05) is 20.3 Å². The lowest BCUT2D eigenvalue weighted by atomic mass is 9.40. The highest BCUT2D eigenvalue weighted by molar-refractivity contribution is 5.92. The molecule has 2 heterocycles. The molecule has 0 radical (unpaired) electrons. The third-order valence-electron chi connectivity index (χ3n) is 19.5. The highest BCUT2D eigenvalue weighted by atomic mass is 16.5. The van der Waals surface area contributed by atoms with Gasteiger partial charge in [-0.15, -0.1) is 0 Å². The Balaban J connectivity index is 0.000000174. The van der Waals surface area contributed by atoms with Gasteiger partial charge in [0.15, 0.2) is 0 Å². The number of aliphatic hydroxyl groups excluding tert-OH is 3. The topological polar surface area (TPSA) is 163 Å². The second-order valence-electron chi connectivity index (χ2n) is 22.3. The van der Waals surface area contributed by atoms with Crippen molar-refractivity contribution in [2.24, 2.45) is 68.0 Å². The van der Waals surface area contributed by atoms with Crippen LogP contribution >= 0.6 is 0 Å². The van der Waals surface area contributed by atoms with E-state index in [1.165, 1.54) is 0 Å². The molecule has 10 heteroatoms. The molecule has 8 aliphatic rings. The molecule has 0 aromatic carbocycles. The van der Waals surface area contributed by atoms with E-state index in [2.05, 4.69) is 27.7 Å². The summed E-state index contributed by atoms with van der Waals surface area (Å²) in [5.74, 6) is -1.46. The molecule has 0 spiro atoms. The molecule has 2 aliphatic heterocycles. The summed E-state index contributed by atoms with van der Waals surface area (Å²) in [5, 5.41) is 57.3. The van der Waals surface area contributed by atoms with Crippen molar-refractivity contribution in [1.29, 1.82) is 0 Å². The SMILES string of the molecule is CC1=C2[C@@H](C)C(=O)[C@@]3(C)C([C@H](C)[C@](O)(C[C@@H]1O)C2(C)C)[C@]1(C)CO[C@@H]1C[C@@H]3O.CO[C@H]1C[C@H]2OC[C@@]2(C)C2[C@H](C)[C@]3(O)C[C@H](O)C(C)=C([C@@H](C)C(=O)[C@@]21C)C3(C)C. The Morgan fingerprint density at radius 3 is 1.35 bits per heavy atom. The number of methoxy groups -OCH3 is 1. The number of Topliss-reactive ketones (excluding diaryl/α,β-unsaturated/α-hetero) is 2. The van der Waals surface area contributed by atoms with Crippen molar-refractivity contribution in [2.45, 2.75) is 170 Å².